The van der Waals surface area contributed by atoms with E-state index >= 15 is 0 Å². The number of ether oxygens (including phenoxy) is 2. The fraction of sp³-hybridized carbons (Fsp3) is 0.171. The number of aromatic carboxylic acids is 2. The first kappa shape index (κ1) is 34.8. The van der Waals surface area contributed by atoms with Crippen molar-refractivity contribution < 1.29 is 38.1 Å². The number of hydrogen-bond donors (Lipinski definition) is 2. The monoisotopic (exact) mass is 738 g/mol. The predicted octanol–water partition coefficient (Wildman–Crippen LogP) is 7.90. The number of furan rings is 2. The molecule has 8 aromatic rings. The molecule has 0 radical (unpaired) electrons. The van der Waals surface area contributed by atoms with Crippen LogP contribution in [0.5, 0.6) is 11.5 Å². The molecule has 0 fully saturated rings. The molecule has 0 aliphatic carbocycles. The summed E-state index contributed by atoms with van der Waals surface area (Å²) in [6.45, 7) is 4.99. The number of rotatable bonds is 13. The number of hydrogen-bond acceptors (Lipinski definition) is 10. The normalized spacial score (nSPS) is 11.4. The van der Waals surface area contributed by atoms with Gasteiger partial charge in [0.15, 0.2) is 22.8 Å². The fourth-order valence-electron chi connectivity index (χ4n) is 6.60. The van der Waals surface area contributed by atoms with Gasteiger partial charge in [0.1, 0.15) is 28.6 Å². The van der Waals surface area contributed by atoms with Crippen molar-refractivity contribution in [3.63, 3.8) is 0 Å². The Balaban J connectivity index is 0.939. The van der Waals surface area contributed by atoms with Gasteiger partial charge in [-0.1, -0.05) is 12.1 Å². The zero-order valence-corrected chi connectivity index (χ0v) is 30.0. The van der Waals surface area contributed by atoms with Crippen molar-refractivity contribution in [1.82, 2.24) is 29.5 Å². The SMILES string of the molecule is COc1ccc(Cn2nc3nc(-c4ccc(-c5ccc(OCCCn6nc7nc(-c8ccco8)cc(C(=O)O)c7c6C)cc5)o4)cc(C(=O)O)c3c2C)cc1. The quantitative estimate of drug-likeness (QED) is 0.109. The number of aromatic nitrogens is 6. The fourth-order valence-corrected chi connectivity index (χ4v) is 6.60. The van der Waals surface area contributed by atoms with E-state index in [1.165, 1.54) is 18.4 Å². The van der Waals surface area contributed by atoms with Crippen LogP contribution in [0.4, 0.5) is 0 Å². The molecular weight excluding hydrogens is 704 g/mol. The van der Waals surface area contributed by atoms with Crippen LogP contribution < -0.4 is 9.47 Å². The third-order valence-electron chi connectivity index (χ3n) is 9.44. The van der Waals surface area contributed by atoms with E-state index in [0.717, 1.165) is 16.9 Å². The minimum Gasteiger partial charge on any atom is -0.497 e. The van der Waals surface area contributed by atoms with Gasteiger partial charge in [-0.25, -0.2) is 19.6 Å². The molecule has 0 saturated heterocycles. The summed E-state index contributed by atoms with van der Waals surface area (Å²) in [6.07, 6.45) is 2.12. The van der Waals surface area contributed by atoms with Gasteiger partial charge >= 0.3 is 11.9 Å². The topological polar surface area (TPSA) is 181 Å². The Morgan fingerprint density at radius 1 is 0.727 bits per heavy atom. The molecule has 0 aliphatic heterocycles. The highest BCUT2D eigenvalue weighted by Gasteiger charge is 2.22. The highest BCUT2D eigenvalue weighted by molar-refractivity contribution is 6.04. The molecule has 6 heterocycles. The Labute approximate surface area is 313 Å². The molecule has 14 heteroatoms. The second kappa shape index (κ2) is 14.3. The van der Waals surface area contributed by atoms with Crippen LogP contribution in [0.1, 0.15) is 44.1 Å². The van der Waals surface area contributed by atoms with Crippen molar-refractivity contribution in [1.29, 1.82) is 0 Å². The van der Waals surface area contributed by atoms with Crippen molar-refractivity contribution in [2.75, 3.05) is 13.7 Å². The highest BCUT2D eigenvalue weighted by Crippen LogP contribution is 2.33. The average Bonchev–Trinajstić information content (AvgIpc) is 4.01. The van der Waals surface area contributed by atoms with Gasteiger partial charge in [-0.3, -0.25) is 9.36 Å². The number of fused-ring (bicyclic) bond motifs is 2. The predicted molar refractivity (Wildman–Crippen MR) is 201 cm³/mol. The van der Waals surface area contributed by atoms with Crippen LogP contribution >= 0.6 is 0 Å². The molecule has 0 atom stereocenters. The zero-order chi connectivity index (χ0) is 38.2. The molecular formula is C41H34N6O8. The smallest absolute Gasteiger partial charge is 0.336 e. The third-order valence-corrected chi connectivity index (χ3v) is 9.44. The van der Waals surface area contributed by atoms with Crippen molar-refractivity contribution in [3.8, 4) is 45.7 Å². The summed E-state index contributed by atoms with van der Waals surface area (Å²) in [6, 6.07) is 25.1. The average molecular weight is 739 g/mol. The molecule has 8 rings (SSSR count). The first-order chi connectivity index (χ1) is 26.7. The minimum absolute atomic E-state index is 0.0924. The van der Waals surface area contributed by atoms with Gasteiger partial charge in [-0.2, -0.15) is 10.2 Å². The number of pyridine rings is 2. The molecule has 55 heavy (non-hydrogen) atoms. The molecule has 0 bridgehead atoms. The van der Waals surface area contributed by atoms with Crippen LogP contribution in [0.2, 0.25) is 0 Å². The largest absolute Gasteiger partial charge is 0.497 e. The van der Waals surface area contributed by atoms with Crippen LogP contribution in [-0.2, 0) is 13.1 Å². The van der Waals surface area contributed by atoms with E-state index in [9.17, 15) is 19.8 Å². The number of methoxy groups -OCH3 is 1. The van der Waals surface area contributed by atoms with E-state index in [-0.39, 0.29) is 11.1 Å². The standard InChI is InChI=1S/C41H34N6O8/c1-23-36-29(40(48)49)20-31(34-6-4-18-54-34)42-38(36)44-46(23)17-5-19-53-28-13-9-26(10-14-28)33-15-16-35(55-33)32-21-30(41(50)51)37-24(2)47(45-39(37)43-32)22-25-7-11-27(52-3)12-8-25/h4,6-16,18,20-21H,5,17,19,22H2,1-3H3,(H,48,49)(H,50,51). The van der Waals surface area contributed by atoms with Crippen LogP contribution in [-0.4, -0.2) is 65.4 Å². The zero-order valence-electron chi connectivity index (χ0n) is 30.0. The molecule has 14 nitrogen and oxygen atoms in total. The Bertz CT molecular complexity index is 2690. The molecule has 6 aromatic heterocycles. The van der Waals surface area contributed by atoms with Crippen molar-refractivity contribution in [2.24, 2.45) is 0 Å². The summed E-state index contributed by atoms with van der Waals surface area (Å²) >= 11 is 0. The molecule has 2 N–H and O–H groups in total. The lowest BCUT2D eigenvalue weighted by Crippen LogP contribution is -2.07. The van der Waals surface area contributed by atoms with Crippen LogP contribution in [0.25, 0.3) is 56.3 Å². The molecule has 0 spiro atoms. The Morgan fingerprint density at radius 3 is 1.95 bits per heavy atom. The van der Waals surface area contributed by atoms with Gasteiger partial charge in [0.05, 0.1) is 48.4 Å². The minimum atomic E-state index is -1.08. The van der Waals surface area contributed by atoms with Crippen LogP contribution in [0.15, 0.2) is 100 Å². The van der Waals surface area contributed by atoms with Crippen LogP contribution in [0.3, 0.4) is 0 Å². The van der Waals surface area contributed by atoms with Crippen LogP contribution in [0, 0.1) is 13.8 Å². The highest BCUT2D eigenvalue weighted by atomic mass is 16.5. The van der Waals surface area contributed by atoms with Crippen molar-refractivity contribution in [3.05, 3.63) is 119 Å². The summed E-state index contributed by atoms with van der Waals surface area (Å²) in [5.74, 6) is 0.711. The van der Waals surface area contributed by atoms with Gasteiger partial charge in [-0.05, 0) is 92.2 Å². The molecule has 2 aromatic carbocycles. The molecule has 276 valence electrons. The number of nitrogens with zero attached hydrogens (tertiary/aromatic N) is 6. The number of carboxylic acid groups (broad SMARTS) is 2. The van der Waals surface area contributed by atoms with E-state index in [1.807, 2.05) is 68.4 Å². The van der Waals surface area contributed by atoms with Gasteiger partial charge in [-0.15, -0.1) is 0 Å². The van der Waals surface area contributed by atoms with Gasteiger partial charge in [0.25, 0.3) is 0 Å². The summed E-state index contributed by atoms with van der Waals surface area (Å²) < 4.78 is 26.3. The lowest BCUT2D eigenvalue weighted by atomic mass is 10.1. The van der Waals surface area contributed by atoms with Gasteiger partial charge < -0.3 is 28.5 Å². The Morgan fingerprint density at radius 2 is 1.33 bits per heavy atom. The summed E-state index contributed by atoms with van der Waals surface area (Å²) in [7, 11) is 1.61. The second-order valence-electron chi connectivity index (χ2n) is 12.9. The van der Waals surface area contributed by atoms with E-state index < -0.39 is 11.9 Å². The number of carboxylic acids is 2. The van der Waals surface area contributed by atoms with Crippen molar-refractivity contribution in [2.45, 2.75) is 33.4 Å². The Kier molecular flexibility index (Phi) is 9.06. The Hall–Kier alpha value is -7.22. The lowest BCUT2D eigenvalue weighted by Gasteiger charge is -2.08. The summed E-state index contributed by atoms with van der Waals surface area (Å²) in [5, 5.41) is 30.2. The maximum Gasteiger partial charge on any atom is 0.336 e. The van der Waals surface area contributed by atoms with E-state index in [0.29, 0.717) is 94.0 Å². The van der Waals surface area contributed by atoms with Crippen molar-refractivity contribution >= 4 is 34.0 Å². The molecule has 0 saturated carbocycles. The summed E-state index contributed by atoms with van der Waals surface area (Å²) in [4.78, 5) is 33.7. The van der Waals surface area contributed by atoms with E-state index in [1.54, 1.807) is 34.7 Å². The van der Waals surface area contributed by atoms with Gasteiger partial charge in [0, 0.05) is 29.9 Å². The van der Waals surface area contributed by atoms with E-state index in [4.69, 9.17) is 23.3 Å². The first-order valence-corrected chi connectivity index (χ1v) is 17.4. The molecule has 0 amide bonds. The summed E-state index contributed by atoms with van der Waals surface area (Å²) in [5.41, 5.74) is 4.81. The first-order valence-electron chi connectivity index (χ1n) is 17.4. The number of benzene rings is 2. The van der Waals surface area contributed by atoms with E-state index in [2.05, 4.69) is 15.2 Å². The second-order valence-corrected chi connectivity index (χ2v) is 12.9. The number of aryl methyl sites for hydroxylation is 3. The molecule has 0 unspecified atom stereocenters. The lowest BCUT2D eigenvalue weighted by molar-refractivity contribution is 0.0688. The number of carbonyl (C=O) groups is 2. The third kappa shape index (κ3) is 6.76. The molecule has 0 aliphatic rings. The maximum atomic E-state index is 12.4. The van der Waals surface area contributed by atoms with Gasteiger partial charge in [0.2, 0.25) is 0 Å². The maximum absolute atomic E-state index is 12.4.